The quantitative estimate of drug-likeness (QED) is 0.514. The van der Waals surface area contributed by atoms with Crippen LogP contribution in [0.2, 0.25) is 0 Å². The zero-order valence-electron chi connectivity index (χ0n) is 11.1. The predicted molar refractivity (Wildman–Crippen MR) is 78.5 cm³/mol. The van der Waals surface area contributed by atoms with Crippen molar-refractivity contribution < 1.29 is 17.6 Å². The first-order valence-corrected chi connectivity index (χ1v) is 7.21. The largest absolute Gasteiger partial charge is 0.418 e. The Morgan fingerprint density at radius 1 is 1.05 bits per heavy atom. The SMILES string of the molecule is CN(c1ccccc1F)c1ccc(CBr)cc1C(F)(F)F. The number of nitrogens with zero attached hydrogens (tertiary/aromatic N) is 1. The minimum atomic E-state index is -4.51. The van der Waals surface area contributed by atoms with Crippen molar-refractivity contribution in [2.75, 3.05) is 11.9 Å². The summed E-state index contributed by atoms with van der Waals surface area (Å²) in [5, 5.41) is 0.319. The highest BCUT2D eigenvalue weighted by atomic mass is 79.9. The lowest BCUT2D eigenvalue weighted by molar-refractivity contribution is -0.137. The van der Waals surface area contributed by atoms with Gasteiger partial charge in [-0.25, -0.2) is 4.39 Å². The Hall–Kier alpha value is -1.56. The van der Waals surface area contributed by atoms with Crippen molar-refractivity contribution in [3.63, 3.8) is 0 Å². The lowest BCUT2D eigenvalue weighted by Crippen LogP contribution is -2.17. The Kier molecular flexibility index (Phi) is 4.56. The van der Waals surface area contributed by atoms with Gasteiger partial charge in [-0.1, -0.05) is 34.1 Å². The molecule has 0 bridgehead atoms. The first-order valence-electron chi connectivity index (χ1n) is 6.09. The molecule has 0 spiro atoms. The van der Waals surface area contributed by atoms with Crippen molar-refractivity contribution in [3.05, 3.63) is 59.4 Å². The molecule has 2 rings (SSSR count). The van der Waals surface area contributed by atoms with Crippen molar-refractivity contribution in [2.24, 2.45) is 0 Å². The monoisotopic (exact) mass is 361 g/mol. The summed E-state index contributed by atoms with van der Waals surface area (Å²) >= 11 is 3.14. The molecule has 2 aromatic carbocycles. The fourth-order valence-electron chi connectivity index (χ4n) is 2.04. The van der Waals surface area contributed by atoms with Gasteiger partial charge in [-0.15, -0.1) is 0 Å². The summed E-state index contributed by atoms with van der Waals surface area (Å²) in [6, 6.07) is 9.73. The van der Waals surface area contributed by atoms with Crippen LogP contribution in [-0.2, 0) is 11.5 Å². The Morgan fingerprint density at radius 2 is 1.71 bits per heavy atom. The van der Waals surface area contributed by atoms with Crippen LogP contribution in [0.5, 0.6) is 0 Å². The van der Waals surface area contributed by atoms with Gasteiger partial charge in [0.25, 0.3) is 0 Å². The van der Waals surface area contributed by atoms with Gasteiger partial charge >= 0.3 is 6.18 Å². The number of para-hydroxylation sites is 1. The molecule has 2 aromatic rings. The highest BCUT2D eigenvalue weighted by Crippen LogP contribution is 2.39. The molecule has 0 aliphatic heterocycles. The summed E-state index contributed by atoms with van der Waals surface area (Å²) in [6.07, 6.45) is -4.51. The van der Waals surface area contributed by atoms with Crippen LogP contribution in [0.4, 0.5) is 28.9 Å². The molecule has 0 fully saturated rings. The van der Waals surface area contributed by atoms with E-state index in [0.717, 1.165) is 6.07 Å². The third-order valence-corrected chi connectivity index (χ3v) is 3.74. The number of hydrogen-bond donors (Lipinski definition) is 0. The first-order chi connectivity index (χ1) is 9.84. The Bertz CT molecular complexity index is 640. The van der Waals surface area contributed by atoms with Crippen LogP contribution >= 0.6 is 15.9 Å². The Labute approximate surface area is 128 Å². The van der Waals surface area contributed by atoms with E-state index in [1.807, 2.05) is 0 Å². The van der Waals surface area contributed by atoms with Crippen LogP contribution in [0.25, 0.3) is 0 Å². The van der Waals surface area contributed by atoms with E-state index < -0.39 is 17.6 Å². The smallest absolute Gasteiger partial charge is 0.342 e. The molecular formula is C15H12BrF4N. The molecule has 0 aliphatic carbocycles. The molecule has 0 aliphatic rings. The highest BCUT2D eigenvalue weighted by Gasteiger charge is 2.35. The maximum absolute atomic E-state index is 13.8. The van der Waals surface area contributed by atoms with Crippen LogP contribution in [-0.4, -0.2) is 7.05 Å². The zero-order valence-corrected chi connectivity index (χ0v) is 12.7. The van der Waals surface area contributed by atoms with Crippen molar-refractivity contribution >= 4 is 27.3 Å². The highest BCUT2D eigenvalue weighted by molar-refractivity contribution is 9.08. The average molecular weight is 362 g/mol. The van der Waals surface area contributed by atoms with Crippen LogP contribution in [0, 0.1) is 5.82 Å². The molecular weight excluding hydrogens is 350 g/mol. The van der Waals surface area contributed by atoms with Crippen LogP contribution in [0.1, 0.15) is 11.1 Å². The summed E-state index contributed by atoms with van der Waals surface area (Å²) in [7, 11) is 1.41. The number of anilines is 2. The molecule has 0 saturated carbocycles. The minimum absolute atomic E-state index is 0.0858. The summed E-state index contributed by atoms with van der Waals surface area (Å²) in [5.74, 6) is -0.572. The van der Waals surface area contributed by atoms with E-state index in [1.165, 1.54) is 36.2 Å². The molecule has 0 heterocycles. The third kappa shape index (κ3) is 3.37. The lowest BCUT2D eigenvalue weighted by atomic mass is 10.1. The van der Waals surface area contributed by atoms with Gasteiger partial charge in [0.2, 0.25) is 0 Å². The second-order valence-corrected chi connectivity index (χ2v) is 5.05. The average Bonchev–Trinajstić information content (AvgIpc) is 2.45. The maximum atomic E-state index is 13.8. The maximum Gasteiger partial charge on any atom is 0.418 e. The molecule has 0 N–H and O–H groups in total. The second kappa shape index (κ2) is 6.05. The fraction of sp³-hybridized carbons (Fsp3) is 0.200. The number of hydrogen-bond acceptors (Lipinski definition) is 1. The molecule has 1 nitrogen and oxygen atoms in total. The summed E-state index contributed by atoms with van der Waals surface area (Å²) in [4.78, 5) is 1.20. The van der Waals surface area contributed by atoms with E-state index >= 15 is 0 Å². The molecule has 0 atom stereocenters. The molecule has 6 heteroatoms. The molecule has 0 unspecified atom stereocenters. The van der Waals surface area contributed by atoms with E-state index in [9.17, 15) is 17.6 Å². The van der Waals surface area contributed by atoms with E-state index in [0.29, 0.717) is 10.9 Å². The molecule has 0 amide bonds. The van der Waals surface area contributed by atoms with Gasteiger partial charge in [0.1, 0.15) is 5.82 Å². The van der Waals surface area contributed by atoms with Crippen molar-refractivity contribution in [1.82, 2.24) is 0 Å². The first kappa shape index (κ1) is 15.8. The number of rotatable bonds is 3. The molecule has 0 aromatic heterocycles. The van der Waals surface area contributed by atoms with Crippen LogP contribution in [0.3, 0.4) is 0 Å². The predicted octanol–water partition coefficient (Wildman–Crippen LogP) is 5.51. The van der Waals surface area contributed by atoms with Gasteiger partial charge in [-0.05, 0) is 29.8 Å². The van der Waals surface area contributed by atoms with Gasteiger partial charge < -0.3 is 4.90 Å². The van der Waals surface area contributed by atoms with Crippen molar-refractivity contribution in [3.8, 4) is 0 Å². The number of benzene rings is 2. The summed E-state index contributed by atoms with van der Waals surface area (Å²) < 4.78 is 53.4. The molecule has 0 radical (unpaired) electrons. The minimum Gasteiger partial charge on any atom is -0.342 e. The van der Waals surface area contributed by atoms with Gasteiger partial charge in [0.05, 0.1) is 16.9 Å². The number of alkyl halides is 4. The normalized spacial score (nSPS) is 11.5. The topological polar surface area (TPSA) is 3.24 Å². The third-order valence-electron chi connectivity index (χ3n) is 3.10. The van der Waals surface area contributed by atoms with E-state index in [2.05, 4.69) is 15.9 Å². The molecule has 21 heavy (non-hydrogen) atoms. The van der Waals surface area contributed by atoms with E-state index in [-0.39, 0.29) is 11.4 Å². The lowest BCUT2D eigenvalue weighted by Gasteiger charge is -2.24. The zero-order chi connectivity index (χ0) is 15.6. The van der Waals surface area contributed by atoms with E-state index in [1.54, 1.807) is 12.1 Å². The van der Waals surface area contributed by atoms with Crippen molar-refractivity contribution in [2.45, 2.75) is 11.5 Å². The van der Waals surface area contributed by atoms with Gasteiger partial charge in [0.15, 0.2) is 0 Å². The number of halogens is 5. The standard InChI is InChI=1S/C15H12BrF4N/c1-21(14-5-3-2-4-12(14)17)13-7-6-10(9-16)8-11(13)15(18,19)20/h2-8H,9H2,1H3. The van der Waals surface area contributed by atoms with Crippen LogP contribution < -0.4 is 4.90 Å². The molecule has 0 saturated heterocycles. The molecule has 112 valence electrons. The summed E-state index contributed by atoms with van der Waals surface area (Å²) in [5.41, 5.74) is -0.273. The van der Waals surface area contributed by atoms with Crippen molar-refractivity contribution in [1.29, 1.82) is 0 Å². The Balaban J connectivity index is 2.56. The van der Waals surface area contributed by atoms with Gasteiger partial charge in [0, 0.05) is 12.4 Å². The van der Waals surface area contributed by atoms with Crippen LogP contribution in [0.15, 0.2) is 42.5 Å². The van der Waals surface area contributed by atoms with Gasteiger partial charge in [-0.2, -0.15) is 13.2 Å². The fourth-order valence-corrected chi connectivity index (χ4v) is 2.39. The van der Waals surface area contributed by atoms with E-state index in [4.69, 9.17) is 0 Å². The van der Waals surface area contributed by atoms with Gasteiger partial charge in [-0.3, -0.25) is 0 Å². The summed E-state index contributed by atoms with van der Waals surface area (Å²) in [6.45, 7) is 0. The second-order valence-electron chi connectivity index (χ2n) is 4.49. The Morgan fingerprint density at radius 3 is 2.29 bits per heavy atom.